The summed E-state index contributed by atoms with van der Waals surface area (Å²) in [5.41, 5.74) is 0.0546. The summed E-state index contributed by atoms with van der Waals surface area (Å²) in [6, 6.07) is 5.76. The fourth-order valence-corrected chi connectivity index (χ4v) is 2.84. The lowest BCUT2D eigenvalue weighted by Gasteiger charge is -2.12. The molecule has 130 valence electrons. The van der Waals surface area contributed by atoms with Gasteiger partial charge in [0.2, 0.25) is 0 Å². The number of H-pyrrole nitrogens is 1. The first kappa shape index (κ1) is 17.6. The first-order valence-corrected chi connectivity index (χ1v) is 8.37. The van der Waals surface area contributed by atoms with Gasteiger partial charge in [0.1, 0.15) is 11.5 Å². The molecule has 0 aliphatic heterocycles. The molecule has 0 aliphatic carbocycles. The lowest BCUT2D eigenvalue weighted by molar-refractivity contribution is 0.0519. The zero-order valence-corrected chi connectivity index (χ0v) is 14.1. The second kappa shape index (κ2) is 7.21. The van der Waals surface area contributed by atoms with E-state index in [1.807, 2.05) is 0 Å². The van der Waals surface area contributed by atoms with Crippen LogP contribution in [0.5, 0.6) is 11.5 Å². The van der Waals surface area contributed by atoms with Gasteiger partial charge in [-0.2, -0.15) is 13.5 Å². The molecule has 0 bridgehead atoms. The van der Waals surface area contributed by atoms with Crippen LogP contribution in [0.25, 0.3) is 0 Å². The molecule has 0 aliphatic rings. The SMILES string of the molecule is CCOC(=O)c1cc(S(=O)(=O)Nc2cc(OC)ccc2OC)[nH]n1. The van der Waals surface area contributed by atoms with Gasteiger partial charge in [0.15, 0.2) is 10.7 Å². The van der Waals surface area contributed by atoms with Crippen molar-refractivity contribution >= 4 is 21.7 Å². The molecule has 10 heteroatoms. The highest BCUT2D eigenvalue weighted by Gasteiger charge is 2.22. The maximum Gasteiger partial charge on any atom is 0.358 e. The highest BCUT2D eigenvalue weighted by Crippen LogP contribution is 2.30. The predicted molar refractivity (Wildman–Crippen MR) is 84.9 cm³/mol. The summed E-state index contributed by atoms with van der Waals surface area (Å²) in [7, 11) is -1.14. The molecular formula is C14H17N3O6S. The van der Waals surface area contributed by atoms with E-state index < -0.39 is 16.0 Å². The zero-order valence-electron chi connectivity index (χ0n) is 13.3. The number of rotatable bonds is 7. The molecule has 1 aromatic heterocycles. The number of esters is 1. The highest BCUT2D eigenvalue weighted by atomic mass is 32.2. The van der Waals surface area contributed by atoms with Crippen molar-refractivity contribution in [3.63, 3.8) is 0 Å². The Hall–Kier alpha value is -2.75. The molecule has 0 saturated carbocycles. The second-order valence-corrected chi connectivity index (χ2v) is 6.16. The fraction of sp³-hybridized carbons (Fsp3) is 0.286. The number of anilines is 1. The number of aromatic nitrogens is 2. The predicted octanol–water partition coefficient (Wildman–Crippen LogP) is 1.40. The molecule has 2 aromatic rings. The third kappa shape index (κ3) is 3.77. The molecule has 1 aromatic carbocycles. The summed E-state index contributed by atoms with van der Waals surface area (Å²) in [5, 5.41) is 5.66. The van der Waals surface area contributed by atoms with E-state index in [2.05, 4.69) is 14.9 Å². The van der Waals surface area contributed by atoms with Gasteiger partial charge in [-0.1, -0.05) is 0 Å². The molecule has 0 fully saturated rings. The van der Waals surface area contributed by atoms with Crippen molar-refractivity contribution < 1.29 is 27.4 Å². The maximum atomic E-state index is 12.4. The first-order valence-electron chi connectivity index (χ1n) is 6.88. The summed E-state index contributed by atoms with van der Waals surface area (Å²) < 4.78 is 42.2. The largest absolute Gasteiger partial charge is 0.497 e. The molecule has 0 unspecified atom stereocenters. The van der Waals surface area contributed by atoms with Gasteiger partial charge in [-0.05, 0) is 19.1 Å². The van der Waals surface area contributed by atoms with Crippen molar-refractivity contribution in [2.45, 2.75) is 11.9 Å². The standard InChI is InChI=1S/C14H17N3O6S/c1-4-23-14(18)11-8-13(16-15-11)24(19,20)17-10-7-9(21-2)5-6-12(10)22-3/h5-8,17H,4H2,1-3H3,(H,15,16). The molecule has 9 nitrogen and oxygen atoms in total. The Bertz CT molecular complexity index is 831. The minimum Gasteiger partial charge on any atom is -0.497 e. The third-order valence-corrected chi connectivity index (χ3v) is 4.26. The van der Waals surface area contributed by atoms with Crippen LogP contribution in [0.15, 0.2) is 29.3 Å². The van der Waals surface area contributed by atoms with Crippen LogP contribution in [-0.4, -0.2) is 45.4 Å². The van der Waals surface area contributed by atoms with Gasteiger partial charge in [-0.25, -0.2) is 4.79 Å². The number of nitrogens with one attached hydrogen (secondary N) is 2. The summed E-state index contributed by atoms with van der Waals surface area (Å²) in [6.45, 7) is 1.80. The fourth-order valence-electron chi connectivity index (χ4n) is 1.84. The Morgan fingerprint density at radius 1 is 1.25 bits per heavy atom. The number of nitrogens with zero attached hydrogens (tertiary/aromatic N) is 1. The van der Waals surface area contributed by atoms with Crippen LogP contribution in [0.2, 0.25) is 0 Å². The van der Waals surface area contributed by atoms with Crippen LogP contribution in [0.4, 0.5) is 5.69 Å². The third-order valence-electron chi connectivity index (χ3n) is 2.98. The molecule has 0 spiro atoms. The van der Waals surface area contributed by atoms with E-state index >= 15 is 0 Å². The molecule has 1 heterocycles. The van der Waals surface area contributed by atoms with Crippen LogP contribution in [0.1, 0.15) is 17.4 Å². The van der Waals surface area contributed by atoms with E-state index in [0.717, 1.165) is 6.07 Å². The molecule has 0 radical (unpaired) electrons. The van der Waals surface area contributed by atoms with Crippen LogP contribution < -0.4 is 14.2 Å². The van der Waals surface area contributed by atoms with Gasteiger partial charge in [0.25, 0.3) is 10.0 Å². The molecular weight excluding hydrogens is 338 g/mol. The minimum absolute atomic E-state index is 0.130. The number of hydrogen-bond acceptors (Lipinski definition) is 7. The van der Waals surface area contributed by atoms with Crippen LogP contribution in [-0.2, 0) is 14.8 Å². The van der Waals surface area contributed by atoms with E-state index in [4.69, 9.17) is 14.2 Å². The number of aromatic amines is 1. The highest BCUT2D eigenvalue weighted by molar-refractivity contribution is 7.92. The van der Waals surface area contributed by atoms with Gasteiger partial charge >= 0.3 is 5.97 Å². The lowest BCUT2D eigenvalue weighted by atomic mass is 10.3. The maximum absolute atomic E-state index is 12.4. The number of sulfonamides is 1. The van der Waals surface area contributed by atoms with E-state index in [9.17, 15) is 13.2 Å². The smallest absolute Gasteiger partial charge is 0.358 e. The molecule has 2 rings (SSSR count). The topological polar surface area (TPSA) is 120 Å². The van der Waals surface area contributed by atoms with Crippen molar-refractivity contribution in [3.8, 4) is 11.5 Å². The number of ether oxygens (including phenoxy) is 3. The van der Waals surface area contributed by atoms with Gasteiger partial charge < -0.3 is 14.2 Å². The van der Waals surface area contributed by atoms with Crippen molar-refractivity contribution in [2.24, 2.45) is 0 Å². The van der Waals surface area contributed by atoms with E-state index in [1.165, 1.54) is 20.3 Å². The average Bonchev–Trinajstić information content (AvgIpc) is 3.05. The van der Waals surface area contributed by atoms with Crippen molar-refractivity contribution in [1.29, 1.82) is 0 Å². The number of carbonyl (C=O) groups excluding carboxylic acids is 1. The number of methoxy groups -OCH3 is 2. The zero-order chi connectivity index (χ0) is 17.7. The average molecular weight is 355 g/mol. The lowest BCUT2D eigenvalue weighted by Crippen LogP contribution is -2.14. The molecule has 0 saturated heterocycles. The van der Waals surface area contributed by atoms with Gasteiger partial charge in [0, 0.05) is 12.1 Å². The van der Waals surface area contributed by atoms with Gasteiger partial charge in [-0.15, -0.1) is 0 Å². The number of hydrogen-bond donors (Lipinski definition) is 2. The van der Waals surface area contributed by atoms with Crippen molar-refractivity contribution in [3.05, 3.63) is 30.0 Å². The Balaban J connectivity index is 2.30. The van der Waals surface area contributed by atoms with Crippen molar-refractivity contribution in [1.82, 2.24) is 10.2 Å². The molecule has 0 atom stereocenters. The Kier molecular flexibility index (Phi) is 5.29. The first-order chi connectivity index (χ1) is 11.4. The second-order valence-electron chi connectivity index (χ2n) is 4.51. The molecule has 0 amide bonds. The molecule has 24 heavy (non-hydrogen) atoms. The van der Waals surface area contributed by atoms with Gasteiger partial charge in [0.05, 0.1) is 26.5 Å². The number of carbonyl (C=O) groups is 1. The van der Waals surface area contributed by atoms with E-state index in [0.29, 0.717) is 11.5 Å². The monoisotopic (exact) mass is 355 g/mol. The van der Waals surface area contributed by atoms with Crippen LogP contribution >= 0.6 is 0 Å². The van der Waals surface area contributed by atoms with Crippen molar-refractivity contribution in [2.75, 3.05) is 25.5 Å². The Morgan fingerprint density at radius 2 is 2.00 bits per heavy atom. The number of benzene rings is 1. The summed E-state index contributed by atoms with van der Waals surface area (Å²) >= 11 is 0. The Morgan fingerprint density at radius 3 is 2.62 bits per heavy atom. The minimum atomic E-state index is -4.01. The molecule has 2 N–H and O–H groups in total. The summed E-state index contributed by atoms with van der Waals surface area (Å²) in [5.74, 6) is 0.0454. The quantitative estimate of drug-likeness (QED) is 0.720. The summed E-state index contributed by atoms with van der Waals surface area (Å²) in [4.78, 5) is 11.6. The van der Waals surface area contributed by atoms with E-state index in [1.54, 1.807) is 19.1 Å². The summed E-state index contributed by atoms with van der Waals surface area (Å²) in [6.07, 6.45) is 0. The van der Waals surface area contributed by atoms with E-state index in [-0.39, 0.29) is 23.0 Å². The Labute approximate surface area is 139 Å². The van der Waals surface area contributed by atoms with Crippen LogP contribution in [0, 0.1) is 0 Å². The normalized spacial score (nSPS) is 11.0. The van der Waals surface area contributed by atoms with Crippen LogP contribution in [0.3, 0.4) is 0 Å². The van der Waals surface area contributed by atoms with Gasteiger partial charge in [-0.3, -0.25) is 9.82 Å².